The predicted octanol–water partition coefficient (Wildman–Crippen LogP) is 1.24. The van der Waals surface area contributed by atoms with E-state index in [1.165, 1.54) is 21.1 Å². The second-order valence-corrected chi connectivity index (χ2v) is 4.46. The normalized spacial score (nSPS) is 16.7. The molecule has 6 heteroatoms. The Morgan fingerprint density at radius 1 is 1.53 bits per heavy atom. The van der Waals surface area contributed by atoms with Gasteiger partial charge in [0.15, 0.2) is 0 Å². The first-order valence-corrected chi connectivity index (χ1v) is 5.49. The van der Waals surface area contributed by atoms with Gasteiger partial charge in [-0.2, -0.15) is 0 Å². The van der Waals surface area contributed by atoms with Crippen LogP contribution in [0.25, 0.3) is 0 Å². The van der Waals surface area contributed by atoms with E-state index >= 15 is 0 Å². The van der Waals surface area contributed by atoms with Crippen molar-refractivity contribution in [3.8, 4) is 0 Å². The molecule has 1 aliphatic heterocycles. The molecule has 0 radical (unpaired) electrons. The first-order chi connectivity index (χ1) is 7.13. The van der Waals surface area contributed by atoms with E-state index in [2.05, 4.69) is 4.98 Å². The van der Waals surface area contributed by atoms with Gasteiger partial charge in [-0.25, -0.2) is 14.7 Å². The van der Waals surface area contributed by atoms with Crippen molar-refractivity contribution in [3.63, 3.8) is 0 Å². The highest BCUT2D eigenvalue weighted by molar-refractivity contribution is 7.16. The molecule has 5 nitrogen and oxygen atoms in total. The molecule has 2 rings (SSSR count). The lowest BCUT2D eigenvalue weighted by molar-refractivity contribution is -0.116. The summed E-state index contributed by atoms with van der Waals surface area (Å²) < 4.78 is 0. The number of carbonyl (C=O) groups excluding carboxylic acids is 2. The summed E-state index contributed by atoms with van der Waals surface area (Å²) in [5.41, 5.74) is 0. The maximum atomic E-state index is 11.8. The number of aryl methyl sites for hydroxylation is 1. The lowest BCUT2D eigenvalue weighted by Gasteiger charge is -2.12. The van der Waals surface area contributed by atoms with Gasteiger partial charge in [-0.1, -0.05) is 0 Å². The summed E-state index contributed by atoms with van der Waals surface area (Å²) in [5, 5.41) is 1.46. The first-order valence-electron chi connectivity index (χ1n) is 4.67. The van der Waals surface area contributed by atoms with E-state index in [0.29, 0.717) is 11.5 Å². The molecule has 2 heterocycles. The number of carbonyl (C=O) groups is 2. The number of hydrogen-bond donors (Lipinski definition) is 0. The average Bonchev–Trinajstić information content (AvgIpc) is 2.71. The molecule has 80 valence electrons. The topological polar surface area (TPSA) is 53.5 Å². The van der Waals surface area contributed by atoms with E-state index in [0.717, 1.165) is 5.01 Å². The molecule has 15 heavy (non-hydrogen) atoms. The van der Waals surface area contributed by atoms with Crippen LogP contribution in [-0.2, 0) is 4.79 Å². The monoisotopic (exact) mass is 225 g/mol. The zero-order chi connectivity index (χ0) is 11.0. The Morgan fingerprint density at radius 3 is 2.73 bits per heavy atom. The van der Waals surface area contributed by atoms with Crippen molar-refractivity contribution in [2.24, 2.45) is 0 Å². The lowest BCUT2D eigenvalue weighted by atomic mass is 10.5. The molecule has 0 unspecified atom stereocenters. The van der Waals surface area contributed by atoms with Crippen LogP contribution in [0, 0.1) is 6.92 Å². The molecule has 0 atom stereocenters. The smallest absolute Gasteiger partial charge is 0.315 e. The summed E-state index contributed by atoms with van der Waals surface area (Å²) >= 11 is 1.35. The van der Waals surface area contributed by atoms with Crippen molar-refractivity contribution in [1.29, 1.82) is 0 Å². The second kappa shape index (κ2) is 3.62. The maximum absolute atomic E-state index is 11.8. The van der Waals surface area contributed by atoms with Crippen molar-refractivity contribution in [2.75, 3.05) is 18.0 Å². The third kappa shape index (κ3) is 1.61. The van der Waals surface area contributed by atoms with Gasteiger partial charge in [-0.3, -0.25) is 4.79 Å². The number of hydrogen-bond acceptors (Lipinski definition) is 4. The van der Waals surface area contributed by atoms with Crippen molar-refractivity contribution in [2.45, 2.75) is 13.8 Å². The van der Waals surface area contributed by atoms with Crippen LogP contribution >= 0.6 is 11.3 Å². The van der Waals surface area contributed by atoms with Crippen LogP contribution in [0.4, 0.5) is 9.80 Å². The summed E-state index contributed by atoms with van der Waals surface area (Å²) in [7, 11) is 0. The number of amides is 3. The number of nitrogens with zero attached hydrogens (tertiary/aromatic N) is 3. The molecule has 0 aliphatic carbocycles. The number of imide groups is 1. The Kier molecular flexibility index (Phi) is 2.44. The zero-order valence-corrected chi connectivity index (χ0v) is 9.37. The minimum atomic E-state index is -0.244. The van der Waals surface area contributed by atoms with Crippen molar-refractivity contribution in [3.05, 3.63) is 11.2 Å². The number of anilines is 1. The van der Waals surface area contributed by atoms with Crippen LogP contribution in [0.5, 0.6) is 0 Å². The standard InChI is InChI=1S/C9H11N3O2S/c1-3-11-5-7(13)12(9(11)14)8-4-10-6(2)15-8/h4H,3,5H2,1-2H3. The fourth-order valence-corrected chi connectivity index (χ4v) is 2.25. The SMILES string of the molecule is CCN1CC(=O)N(c2cnc(C)s2)C1=O. The molecule has 1 saturated heterocycles. The summed E-state index contributed by atoms with van der Waals surface area (Å²) in [6, 6.07) is -0.244. The molecule has 3 amide bonds. The molecule has 0 spiro atoms. The predicted molar refractivity (Wildman–Crippen MR) is 57.0 cm³/mol. The molecule has 0 bridgehead atoms. The van der Waals surface area contributed by atoms with E-state index in [1.807, 2.05) is 13.8 Å². The third-order valence-corrected chi connectivity index (χ3v) is 3.15. The molecular weight excluding hydrogens is 214 g/mol. The molecule has 1 aromatic heterocycles. The van der Waals surface area contributed by atoms with Gasteiger partial charge in [0.1, 0.15) is 11.5 Å². The fraction of sp³-hybridized carbons (Fsp3) is 0.444. The molecule has 1 aliphatic rings. The molecule has 1 fully saturated rings. The quantitative estimate of drug-likeness (QED) is 0.711. The van der Waals surface area contributed by atoms with Crippen LogP contribution in [0.3, 0.4) is 0 Å². The summed E-state index contributed by atoms with van der Waals surface area (Å²) in [4.78, 5) is 30.1. The van der Waals surface area contributed by atoms with E-state index in [-0.39, 0.29) is 18.5 Å². The van der Waals surface area contributed by atoms with Crippen LogP contribution in [0.15, 0.2) is 6.20 Å². The van der Waals surface area contributed by atoms with Gasteiger partial charge in [0.2, 0.25) is 0 Å². The van der Waals surface area contributed by atoms with Gasteiger partial charge in [0.05, 0.1) is 11.2 Å². The summed E-state index contributed by atoms with van der Waals surface area (Å²) in [5.74, 6) is -0.175. The van der Waals surface area contributed by atoms with E-state index in [9.17, 15) is 9.59 Å². The number of likely N-dealkylation sites (N-methyl/N-ethyl adjacent to an activating group) is 1. The highest BCUT2D eigenvalue weighted by Gasteiger charge is 2.37. The Balaban J connectivity index is 2.30. The second-order valence-electron chi connectivity index (χ2n) is 3.24. The number of aromatic nitrogens is 1. The minimum Gasteiger partial charge on any atom is -0.315 e. The van der Waals surface area contributed by atoms with Gasteiger partial charge < -0.3 is 4.90 Å². The molecule has 0 saturated carbocycles. The zero-order valence-electron chi connectivity index (χ0n) is 8.56. The largest absolute Gasteiger partial charge is 0.332 e. The van der Waals surface area contributed by atoms with Gasteiger partial charge in [-0.05, 0) is 13.8 Å². The number of rotatable bonds is 2. The van der Waals surface area contributed by atoms with Crippen LogP contribution in [0.1, 0.15) is 11.9 Å². The van der Waals surface area contributed by atoms with Gasteiger partial charge in [0, 0.05) is 6.54 Å². The Morgan fingerprint density at radius 2 is 2.27 bits per heavy atom. The lowest BCUT2D eigenvalue weighted by Crippen LogP contribution is -2.32. The summed E-state index contributed by atoms with van der Waals surface area (Å²) in [6.45, 7) is 4.43. The molecular formula is C9H11N3O2S. The number of urea groups is 1. The Bertz CT molecular complexity index is 415. The van der Waals surface area contributed by atoms with Crippen LogP contribution < -0.4 is 4.90 Å². The fourth-order valence-electron chi connectivity index (χ4n) is 1.47. The summed E-state index contributed by atoms with van der Waals surface area (Å²) in [6.07, 6.45) is 1.56. The van der Waals surface area contributed by atoms with Crippen LogP contribution in [-0.4, -0.2) is 34.9 Å². The Hall–Kier alpha value is -1.43. The number of thiazole rings is 1. The van der Waals surface area contributed by atoms with Crippen molar-refractivity contribution in [1.82, 2.24) is 9.88 Å². The minimum absolute atomic E-state index is 0.173. The maximum Gasteiger partial charge on any atom is 0.332 e. The van der Waals surface area contributed by atoms with E-state index in [1.54, 1.807) is 6.20 Å². The molecule has 0 N–H and O–H groups in total. The molecule has 1 aromatic rings. The average molecular weight is 225 g/mol. The first kappa shape index (κ1) is 10.1. The van der Waals surface area contributed by atoms with Gasteiger partial charge in [-0.15, -0.1) is 11.3 Å². The van der Waals surface area contributed by atoms with E-state index in [4.69, 9.17) is 0 Å². The Labute approximate surface area is 91.3 Å². The van der Waals surface area contributed by atoms with Gasteiger partial charge in [0.25, 0.3) is 5.91 Å². The van der Waals surface area contributed by atoms with Crippen molar-refractivity contribution >= 4 is 28.3 Å². The highest BCUT2D eigenvalue weighted by atomic mass is 32.1. The van der Waals surface area contributed by atoms with Crippen molar-refractivity contribution < 1.29 is 9.59 Å². The van der Waals surface area contributed by atoms with Gasteiger partial charge >= 0.3 is 6.03 Å². The molecule has 0 aromatic carbocycles. The van der Waals surface area contributed by atoms with Crippen LogP contribution in [0.2, 0.25) is 0 Å². The van der Waals surface area contributed by atoms with E-state index < -0.39 is 0 Å². The third-order valence-electron chi connectivity index (χ3n) is 2.25. The highest BCUT2D eigenvalue weighted by Crippen LogP contribution is 2.26.